The molecule has 0 saturated carbocycles. The number of nitrogens with one attached hydrogen (secondary N) is 1. The van der Waals surface area contributed by atoms with Gasteiger partial charge in [-0.3, -0.25) is 4.79 Å². The zero-order valence-electron chi connectivity index (χ0n) is 13.2. The highest BCUT2D eigenvalue weighted by molar-refractivity contribution is 6.42. The number of carbonyl (C=O) groups excluding carboxylic acids is 1. The van der Waals surface area contributed by atoms with Crippen LogP contribution in [0.1, 0.15) is 16.7 Å². The van der Waals surface area contributed by atoms with E-state index in [0.717, 1.165) is 16.7 Å². The van der Waals surface area contributed by atoms with Gasteiger partial charge in [-0.25, -0.2) is 4.99 Å². The number of benzene rings is 2. The molecule has 0 bridgehead atoms. The van der Waals surface area contributed by atoms with Gasteiger partial charge in [-0.2, -0.15) is 5.26 Å². The Hall–Kier alpha value is -3.39. The molecule has 1 amide bonds. The van der Waals surface area contributed by atoms with Gasteiger partial charge in [0.15, 0.2) is 6.04 Å². The number of hydrogen-bond donors (Lipinski definition) is 2. The van der Waals surface area contributed by atoms with Crippen molar-refractivity contribution in [1.29, 1.82) is 5.26 Å². The monoisotopic (exact) mass is 316 g/mol. The lowest BCUT2D eigenvalue weighted by atomic mass is 9.99. The summed E-state index contributed by atoms with van der Waals surface area (Å²) >= 11 is 0. The van der Waals surface area contributed by atoms with Crippen molar-refractivity contribution >= 4 is 23.0 Å². The Morgan fingerprint density at radius 3 is 2.38 bits per heavy atom. The molecule has 1 heterocycles. The third-order valence-corrected chi connectivity index (χ3v) is 3.80. The van der Waals surface area contributed by atoms with Crippen LogP contribution in [0.5, 0.6) is 0 Å². The van der Waals surface area contributed by atoms with Gasteiger partial charge in [0.2, 0.25) is 0 Å². The molecule has 3 rings (SSSR count). The highest BCUT2D eigenvalue weighted by Gasteiger charge is 2.28. The molecule has 0 aromatic heterocycles. The first-order chi connectivity index (χ1) is 11.6. The van der Waals surface area contributed by atoms with Crippen LogP contribution in [0.25, 0.3) is 11.4 Å². The molecule has 0 saturated heterocycles. The third kappa shape index (κ3) is 2.90. The lowest BCUT2D eigenvalue weighted by molar-refractivity contribution is -0.112. The van der Waals surface area contributed by atoms with Crippen molar-refractivity contribution in [3.8, 4) is 6.07 Å². The summed E-state index contributed by atoms with van der Waals surface area (Å²) in [5, 5.41) is 12.4. The second-order valence-corrected chi connectivity index (χ2v) is 5.52. The SMILES string of the molecule is Cc1ccc(C2=C(c3ccccc3)NC(C#N)C(C(N)=O)=N2)cc1. The van der Waals surface area contributed by atoms with E-state index in [9.17, 15) is 10.1 Å². The Kier molecular flexibility index (Phi) is 4.13. The summed E-state index contributed by atoms with van der Waals surface area (Å²) < 4.78 is 0. The minimum Gasteiger partial charge on any atom is -0.364 e. The quantitative estimate of drug-likeness (QED) is 0.909. The fourth-order valence-corrected chi connectivity index (χ4v) is 2.56. The maximum Gasteiger partial charge on any atom is 0.266 e. The van der Waals surface area contributed by atoms with Gasteiger partial charge in [0.25, 0.3) is 5.91 Å². The van der Waals surface area contributed by atoms with Crippen LogP contribution in [0.4, 0.5) is 0 Å². The van der Waals surface area contributed by atoms with E-state index in [2.05, 4.69) is 10.3 Å². The number of rotatable bonds is 3. The van der Waals surface area contributed by atoms with E-state index in [0.29, 0.717) is 11.4 Å². The standard InChI is InChI=1S/C19H16N4O/c1-12-7-9-14(10-8-12)17-16(13-5-3-2-4-6-13)22-15(11-20)18(23-17)19(21)24/h2-10,15,22H,1H3,(H2,21,24). The van der Waals surface area contributed by atoms with Crippen molar-refractivity contribution in [2.45, 2.75) is 13.0 Å². The second kappa shape index (κ2) is 6.39. The predicted molar refractivity (Wildman–Crippen MR) is 93.6 cm³/mol. The minimum absolute atomic E-state index is 0.0211. The second-order valence-electron chi connectivity index (χ2n) is 5.52. The van der Waals surface area contributed by atoms with Gasteiger partial charge >= 0.3 is 0 Å². The van der Waals surface area contributed by atoms with Crippen molar-refractivity contribution < 1.29 is 4.79 Å². The van der Waals surface area contributed by atoms with Gasteiger partial charge in [-0.1, -0.05) is 60.2 Å². The number of nitrogens with zero attached hydrogens (tertiary/aromatic N) is 2. The van der Waals surface area contributed by atoms with Gasteiger partial charge < -0.3 is 11.1 Å². The molecule has 0 fully saturated rings. The minimum atomic E-state index is -0.869. The van der Waals surface area contributed by atoms with Gasteiger partial charge in [-0.15, -0.1) is 0 Å². The number of hydrogen-bond acceptors (Lipinski definition) is 4. The maximum absolute atomic E-state index is 11.7. The molecule has 0 aliphatic carbocycles. The Balaban J connectivity index is 2.23. The third-order valence-electron chi connectivity index (χ3n) is 3.80. The van der Waals surface area contributed by atoms with Crippen LogP contribution >= 0.6 is 0 Å². The van der Waals surface area contributed by atoms with Crippen molar-refractivity contribution in [3.05, 3.63) is 71.3 Å². The average Bonchev–Trinajstić information content (AvgIpc) is 2.62. The van der Waals surface area contributed by atoms with E-state index in [-0.39, 0.29) is 5.71 Å². The molecule has 2 aromatic rings. The van der Waals surface area contributed by atoms with Crippen LogP contribution in [0.15, 0.2) is 59.6 Å². The summed E-state index contributed by atoms with van der Waals surface area (Å²) in [5.74, 6) is -0.703. The Labute approximate surface area is 140 Å². The van der Waals surface area contributed by atoms with E-state index in [1.807, 2.05) is 67.6 Å². The van der Waals surface area contributed by atoms with Crippen molar-refractivity contribution in [3.63, 3.8) is 0 Å². The summed E-state index contributed by atoms with van der Waals surface area (Å²) in [4.78, 5) is 16.1. The summed E-state index contributed by atoms with van der Waals surface area (Å²) in [6.45, 7) is 2.00. The Morgan fingerprint density at radius 1 is 1.12 bits per heavy atom. The molecule has 118 valence electrons. The van der Waals surface area contributed by atoms with Crippen LogP contribution in [-0.4, -0.2) is 17.7 Å². The summed E-state index contributed by atoms with van der Waals surface area (Å²) in [5.41, 5.74) is 9.58. The largest absolute Gasteiger partial charge is 0.364 e. The molecule has 0 radical (unpaired) electrons. The van der Waals surface area contributed by atoms with E-state index in [1.54, 1.807) is 0 Å². The molecular weight excluding hydrogens is 300 g/mol. The Bertz CT molecular complexity index is 874. The number of nitriles is 1. The van der Waals surface area contributed by atoms with Crippen molar-refractivity contribution in [1.82, 2.24) is 5.32 Å². The van der Waals surface area contributed by atoms with Gasteiger partial charge in [0.05, 0.1) is 17.5 Å². The number of carbonyl (C=O) groups is 1. The molecule has 2 aromatic carbocycles. The highest BCUT2D eigenvalue weighted by Crippen LogP contribution is 2.29. The van der Waals surface area contributed by atoms with Crippen LogP contribution in [0.3, 0.4) is 0 Å². The lowest BCUT2D eigenvalue weighted by Gasteiger charge is -2.24. The molecular formula is C19H16N4O. The average molecular weight is 316 g/mol. The fraction of sp³-hybridized carbons (Fsp3) is 0.105. The summed E-state index contributed by atoms with van der Waals surface area (Å²) in [7, 11) is 0. The molecule has 3 N–H and O–H groups in total. The zero-order valence-corrected chi connectivity index (χ0v) is 13.2. The number of aryl methyl sites for hydroxylation is 1. The Morgan fingerprint density at radius 2 is 1.79 bits per heavy atom. The smallest absolute Gasteiger partial charge is 0.266 e. The molecule has 1 atom stereocenters. The predicted octanol–water partition coefficient (Wildman–Crippen LogP) is 2.24. The molecule has 5 heteroatoms. The van der Waals surface area contributed by atoms with E-state index >= 15 is 0 Å². The zero-order chi connectivity index (χ0) is 17.1. The maximum atomic E-state index is 11.7. The van der Waals surface area contributed by atoms with Crippen LogP contribution in [-0.2, 0) is 4.79 Å². The van der Waals surface area contributed by atoms with Gasteiger partial charge in [0, 0.05) is 5.56 Å². The molecule has 1 unspecified atom stereocenters. The molecule has 1 aliphatic heterocycles. The number of nitrogens with two attached hydrogens (primary N) is 1. The number of amides is 1. The lowest BCUT2D eigenvalue weighted by Crippen LogP contribution is -2.44. The fourth-order valence-electron chi connectivity index (χ4n) is 2.56. The molecule has 24 heavy (non-hydrogen) atoms. The van der Waals surface area contributed by atoms with Gasteiger partial charge in [0.1, 0.15) is 5.71 Å². The number of primary amides is 1. The first-order valence-electron chi connectivity index (χ1n) is 7.51. The topological polar surface area (TPSA) is 91.3 Å². The van der Waals surface area contributed by atoms with Crippen molar-refractivity contribution in [2.24, 2.45) is 10.7 Å². The number of aliphatic imine (C=N–C) groups is 1. The summed E-state index contributed by atoms with van der Waals surface area (Å²) in [6.07, 6.45) is 0. The molecule has 5 nitrogen and oxygen atoms in total. The first-order valence-corrected chi connectivity index (χ1v) is 7.51. The van der Waals surface area contributed by atoms with Crippen LogP contribution in [0, 0.1) is 18.3 Å². The molecule has 1 aliphatic rings. The summed E-state index contributed by atoms with van der Waals surface area (Å²) in [6, 6.07) is 18.6. The highest BCUT2D eigenvalue weighted by atomic mass is 16.1. The van der Waals surface area contributed by atoms with E-state index in [1.165, 1.54) is 0 Å². The first kappa shape index (κ1) is 15.5. The van der Waals surface area contributed by atoms with Crippen molar-refractivity contribution in [2.75, 3.05) is 0 Å². The van der Waals surface area contributed by atoms with E-state index in [4.69, 9.17) is 5.73 Å². The van der Waals surface area contributed by atoms with E-state index < -0.39 is 11.9 Å². The normalized spacial score (nSPS) is 16.8. The van der Waals surface area contributed by atoms with Crippen LogP contribution in [0.2, 0.25) is 0 Å². The van der Waals surface area contributed by atoms with Crippen LogP contribution < -0.4 is 11.1 Å². The molecule has 0 spiro atoms. The van der Waals surface area contributed by atoms with Gasteiger partial charge in [-0.05, 0) is 12.5 Å².